The minimum atomic E-state index is -1.29. The Morgan fingerprint density at radius 2 is 1.90 bits per heavy atom. The molecule has 2 aliphatic carbocycles. The quantitative estimate of drug-likeness (QED) is 0.346. The molecule has 220 valence electrons. The molecule has 1 unspecified atom stereocenters. The van der Waals surface area contributed by atoms with E-state index in [0.717, 1.165) is 25.7 Å². The zero-order valence-electron chi connectivity index (χ0n) is 23.6. The molecule has 0 radical (unpaired) electrons. The Labute approximate surface area is 250 Å². The first kappa shape index (κ1) is 28.8. The fraction of sp³-hybridized carbons (Fsp3) is 0.581. The van der Waals surface area contributed by atoms with Gasteiger partial charge in [-0.2, -0.15) is 0 Å². The average molecular weight is 604 g/mol. The fourth-order valence-electron chi connectivity index (χ4n) is 8.01. The van der Waals surface area contributed by atoms with Crippen molar-refractivity contribution in [2.24, 2.45) is 17.3 Å². The summed E-state index contributed by atoms with van der Waals surface area (Å²) >= 11 is 12.6. The van der Waals surface area contributed by atoms with Gasteiger partial charge in [-0.15, -0.1) is 0 Å². The smallest absolute Gasteiger partial charge is 0.238 e. The van der Waals surface area contributed by atoms with E-state index in [1.807, 2.05) is 13.0 Å². The van der Waals surface area contributed by atoms with Gasteiger partial charge in [0, 0.05) is 41.0 Å². The van der Waals surface area contributed by atoms with E-state index in [0.29, 0.717) is 35.0 Å². The van der Waals surface area contributed by atoms with Gasteiger partial charge in [0.25, 0.3) is 0 Å². The summed E-state index contributed by atoms with van der Waals surface area (Å²) in [4.78, 5) is 32.6. The number of aliphatic hydroxyl groups excluding tert-OH is 1. The lowest BCUT2D eigenvalue weighted by Crippen LogP contribution is -2.61. The number of rotatable bonds is 5. The molecule has 41 heavy (non-hydrogen) atoms. The maximum atomic E-state index is 16.0. The number of amides is 2. The molecule has 3 fully saturated rings. The Hall–Kier alpha value is -2.26. The number of aromatic nitrogens is 1. The van der Waals surface area contributed by atoms with Gasteiger partial charge in [0.1, 0.15) is 5.41 Å². The van der Waals surface area contributed by atoms with Crippen LogP contribution in [0.5, 0.6) is 0 Å². The predicted molar refractivity (Wildman–Crippen MR) is 157 cm³/mol. The number of benzene rings is 1. The van der Waals surface area contributed by atoms with Crippen LogP contribution >= 0.6 is 23.2 Å². The number of nitrogens with one attached hydrogen (secondary N) is 3. The Morgan fingerprint density at radius 1 is 1.20 bits per heavy atom. The first-order valence-corrected chi connectivity index (χ1v) is 15.3. The van der Waals surface area contributed by atoms with Crippen LogP contribution in [-0.4, -0.2) is 46.1 Å². The van der Waals surface area contributed by atoms with Crippen molar-refractivity contribution in [1.82, 2.24) is 15.6 Å². The molecule has 4 atom stereocenters. The molecule has 10 heteroatoms. The topological polar surface area (TPSA) is 103 Å². The van der Waals surface area contributed by atoms with Crippen molar-refractivity contribution in [3.05, 3.63) is 57.6 Å². The minimum absolute atomic E-state index is 0.0453. The van der Waals surface area contributed by atoms with Gasteiger partial charge in [0.2, 0.25) is 11.8 Å². The van der Waals surface area contributed by atoms with Crippen LogP contribution in [0.25, 0.3) is 0 Å². The van der Waals surface area contributed by atoms with E-state index >= 15 is 4.39 Å². The lowest BCUT2D eigenvalue weighted by molar-refractivity contribution is -0.125. The van der Waals surface area contributed by atoms with E-state index in [1.165, 1.54) is 6.20 Å². The molecule has 2 aromatic rings. The number of hydrogen-bond donors (Lipinski definition) is 4. The summed E-state index contributed by atoms with van der Waals surface area (Å²) in [5.41, 5.74) is -0.541. The maximum Gasteiger partial charge on any atom is 0.238 e. The van der Waals surface area contributed by atoms with Crippen molar-refractivity contribution in [1.29, 1.82) is 0 Å². The molecule has 2 saturated carbocycles. The maximum absolute atomic E-state index is 16.0. The number of nitrogens with zero attached hydrogens (tertiary/aromatic N) is 1. The van der Waals surface area contributed by atoms with Crippen LogP contribution in [0.3, 0.4) is 0 Å². The van der Waals surface area contributed by atoms with Crippen LogP contribution in [-0.2, 0) is 15.0 Å². The predicted octanol–water partition coefficient (Wildman–Crippen LogP) is 5.34. The van der Waals surface area contributed by atoms with Crippen LogP contribution in [0.1, 0.15) is 76.3 Å². The van der Waals surface area contributed by atoms with Crippen LogP contribution in [0.2, 0.25) is 10.2 Å². The third-order valence-electron chi connectivity index (χ3n) is 10.6. The number of aliphatic hydroxyl groups is 1. The third kappa shape index (κ3) is 4.39. The van der Waals surface area contributed by atoms with Crippen molar-refractivity contribution in [2.45, 2.75) is 88.3 Å². The number of carbonyl (C=O) groups excluding carboxylic acids is 2. The molecule has 1 saturated heterocycles. The molecular formula is C31H37Cl2FN4O3. The Bertz CT molecular complexity index is 1390. The number of pyridine rings is 1. The van der Waals surface area contributed by atoms with E-state index in [1.54, 1.807) is 18.2 Å². The average Bonchev–Trinajstić information content (AvgIpc) is 3.36. The highest BCUT2D eigenvalue weighted by atomic mass is 35.5. The lowest BCUT2D eigenvalue weighted by atomic mass is 9.53. The summed E-state index contributed by atoms with van der Waals surface area (Å²) in [6.07, 6.45) is 5.91. The van der Waals surface area contributed by atoms with E-state index in [9.17, 15) is 14.7 Å². The summed E-state index contributed by atoms with van der Waals surface area (Å²) in [6.45, 7) is 6.55. The van der Waals surface area contributed by atoms with Gasteiger partial charge in [-0.25, -0.2) is 9.37 Å². The molecule has 1 aromatic carbocycles. The van der Waals surface area contributed by atoms with Gasteiger partial charge < -0.3 is 15.7 Å². The highest BCUT2D eigenvalue weighted by Gasteiger charge is 2.73. The first-order valence-electron chi connectivity index (χ1n) is 14.5. The molecule has 4 aliphatic rings. The first-order chi connectivity index (χ1) is 19.4. The van der Waals surface area contributed by atoms with Gasteiger partial charge >= 0.3 is 0 Å². The summed E-state index contributed by atoms with van der Waals surface area (Å²) in [7, 11) is 0. The van der Waals surface area contributed by atoms with Gasteiger partial charge in [0.15, 0.2) is 11.0 Å². The minimum Gasteiger partial charge on any atom is -0.396 e. The van der Waals surface area contributed by atoms with Gasteiger partial charge in [-0.05, 0) is 85.1 Å². The van der Waals surface area contributed by atoms with E-state index < -0.39 is 28.7 Å². The van der Waals surface area contributed by atoms with Gasteiger partial charge in [0.05, 0.1) is 6.04 Å². The molecule has 2 aliphatic heterocycles. The highest BCUT2D eigenvalue weighted by molar-refractivity contribution is 6.31. The second kappa shape index (κ2) is 10.2. The van der Waals surface area contributed by atoms with Crippen LogP contribution in [0.15, 0.2) is 30.5 Å². The van der Waals surface area contributed by atoms with E-state index in [-0.39, 0.29) is 46.5 Å². The molecular weight excluding hydrogens is 566 g/mol. The molecule has 4 N–H and O–H groups in total. The van der Waals surface area contributed by atoms with Gasteiger partial charge in [-0.3, -0.25) is 14.9 Å². The SMILES string of the molecule is CC(CO)C1CC(NC(=O)[C@@H]2NC3(CCC(C)(C)CC3)[C@@]3(C(=O)Nc4cc(Cl)ccc43)[C@H]2c2ccnc(Cl)c2F)C1. The largest absolute Gasteiger partial charge is 0.396 e. The zero-order valence-corrected chi connectivity index (χ0v) is 25.1. The highest BCUT2D eigenvalue weighted by Crippen LogP contribution is 2.64. The molecule has 3 heterocycles. The molecule has 1 aromatic heterocycles. The second-order valence-electron chi connectivity index (χ2n) is 13.4. The Kier molecular flexibility index (Phi) is 7.16. The van der Waals surface area contributed by atoms with Crippen LogP contribution in [0, 0.1) is 23.1 Å². The number of anilines is 1. The standard InChI is InChI=1S/C31H37Cl2FN4O3/c1-16(15-39)17-12-19(13-17)36-27(40)25-23(20-6-11-35-26(33)24(20)34)31(30(38-25)9-7-29(2,3)8-10-30)21-5-4-18(32)14-22(21)37-28(31)41/h4-6,11,14,16-17,19,23,25,38-39H,7-10,12-13,15H2,1-3H3,(H,36,40)(H,37,41)/t16?,17?,19?,23-,25+,31+/m0/s1. The van der Waals surface area contributed by atoms with E-state index in [4.69, 9.17) is 23.2 Å². The number of fused-ring (bicyclic) bond motifs is 3. The Balaban J connectivity index is 1.49. The van der Waals surface area contributed by atoms with Crippen molar-refractivity contribution in [2.75, 3.05) is 11.9 Å². The monoisotopic (exact) mass is 602 g/mol. The fourth-order valence-corrected chi connectivity index (χ4v) is 8.35. The molecule has 2 spiro atoms. The van der Waals surface area contributed by atoms with Crippen LogP contribution in [0.4, 0.5) is 10.1 Å². The summed E-state index contributed by atoms with van der Waals surface area (Å²) in [6, 6.07) is 5.92. The van der Waals surface area contributed by atoms with Crippen molar-refractivity contribution in [3.63, 3.8) is 0 Å². The Morgan fingerprint density at radius 3 is 2.59 bits per heavy atom. The van der Waals surface area contributed by atoms with E-state index in [2.05, 4.69) is 34.8 Å². The summed E-state index contributed by atoms with van der Waals surface area (Å²) in [5, 5.41) is 19.6. The molecule has 0 bridgehead atoms. The zero-order chi connectivity index (χ0) is 29.3. The van der Waals surface area contributed by atoms with Crippen LogP contribution < -0.4 is 16.0 Å². The number of carbonyl (C=O) groups is 2. The molecule has 7 nitrogen and oxygen atoms in total. The number of hydrogen-bond acceptors (Lipinski definition) is 5. The normalized spacial score (nSPS) is 31.9. The van der Waals surface area contributed by atoms with Crippen molar-refractivity contribution < 1.29 is 19.1 Å². The second-order valence-corrected chi connectivity index (χ2v) is 14.2. The molecule has 2 amide bonds. The molecule has 6 rings (SSSR count). The lowest BCUT2D eigenvalue weighted by Gasteiger charge is -2.50. The summed E-state index contributed by atoms with van der Waals surface area (Å²) < 4.78 is 16.0. The van der Waals surface area contributed by atoms with Gasteiger partial charge in [-0.1, -0.05) is 50.0 Å². The summed E-state index contributed by atoms with van der Waals surface area (Å²) in [5.74, 6) is -1.64. The van der Waals surface area contributed by atoms with Crippen molar-refractivity contribution >= 4 is 40.7 Å². The van der Waals surface area contributed by atoms with Crippen molar-refractivity contribution in [3.8, 4) is 0 Å². The number of halogens is 3. The third-order valence-corrected chi connectivity index (χ3v) is 11.1.